The lowest BCUT2D eigenvalue weighted by Crippen LogP contribution is -2.47. The van der Waals surface area contributed by atoms with Gasteiger partial charge in [0.2, 0.25) is 0 Å². The zero-order chi connectivity index (χ0) is 16.5. The summed E-state index contributed by atoms with van der Waals surface area (Å²) in [4.78, 5) is 25.3. The van der Waals surface area contributed by atoms with Gasteiger partial charge in [0.15, 0.2) is 6.04 Å². The summed E-state index contributed by atoms with van der Waals surface area (Å²) in [5.74, 6) is -1.70. The number of ether oxygens (including phenoxy) is 1. The number of rotatable bonds is 4. The van der Waals surface area contributed by atoms with E-state index in [-0.39, 0.29) is 0 Å². The van der Waals surface area contributed by atoms with E-state index in [0.717, 1.165) is 0 Å². The number of esters is 1. The van der Waals surface area contributed by atoms with E-state index in [9.17, 15) is 14.7 Å². The summed E-state index contributed by atoms with van der Waals surface area (Å²) in [5.41, 5.74) is 5.51. The Morgan fingerprint density at radius 2 is 2.18 bits per heavy atom. The van der Waals surface area contributed by atoms with Gasteiger partial charge in [-0.1, -0.05) is 0 Å². The van der Waals surface area contributed by atoms with Crippen molar-refractivity contribution in [1.82, 2.24) is 4.90 Å². The van der Waals surface area contributed by atoms with Crippen LogP contribution in [0.1, 0.15) is 39.0 Å². The number of carboxylic acids is 1. The second-order valence-electron chi connectivity index (χ2n) is 6.41. The molecular weight excluding hydrogens is 288 g/mol. The molecule has 0 aromatic carbocycles. The average molecular weight is 310 g/mol. The van der Waals surface area contributed by atoms with Gasteiger partial charge in [0, 0.05) is 6.54 Å². The Kier molecular flexibility index (Phi) is 4.58. The molecule has 3 atom stereocenters. The molecular formula is C15H22N2O5. The maximum atomic E-state index is 12.2. The number of hydrogen-bond acceptors (Lipinski definition) is 6. The van der Waals surface area contributed by atoms with E-state index < -0.39 is 35.7 Å². The smallest absolute Gasteiger partial charge is 0.328 e. The summed E-state index contributed by atoms with van der Waals surface area (Å²) in [7, 11) is 0. The zero-order valence-corrected chi connectivity index (χ0v) is 13.0. The number of carbonyl (C=O) groups excluding carboxylic acids is 1. The van der Waals surface area contributed by atoms with E-state index in [1.165, 1.54) is 6.26 Å². The predicted octanol–water partition coefficient (Wildman–Crippen LogP) is 1.35. The molecule has 22 heavy (non-hydrogen) atoms. The van der Waals surface area contributed by atoms with Crippen molar-refractivity contribution in [3.63, 3.8) is 0 Å². The number of furan rings is 1. The molecule has 122 valence electrons. The Labute approximate surface area is 129 Å². The molecule has 1 fully saturated rings. The fourth-order valence-electron chi connectivity index (χ4n) is 2.65. The van der Waals surface area contributed by atoms with E-state index in [2.05, 4.69) is 0 Å². The van der Waals surface area contributed by atoms with E-state index in [4.69, 9.17) is 14.9 Å². The van der Waals surface area contributed by atoms with Gasteiger partial charge in [-0.05, 0) is 39.3 Å². The summed E-state index contributed by atoms with van der Waals surface area (Å²) in [5, 5.41) is 9.46. The fraction of sp³-hybridized carbons (Fsp3) is 0.600. The molecule has 2 heterocycles. The van der Waals surface area contributed by atoms with Gasteiger partial charge in [-0.15, -0.1) is 0 Å². The van der Waals surface area contributed by atoms with Crippen molar-refractivity contribution in [3.05, 3.63) is 24.2 Å². The van der Waals surface area contributed by atoms with Gasteiger partial charge in [-0.25, -0.2) is 0 Å². The molecule has 0 amide bonds. The van der Waals surface area contributed by atoms with Crippen LogP contribution in [-0.4, -0.2) is 40.3 Å². The molecule has 7 nitrogen and oxygen atoms in total. The number of likely N-dealkylation sites (tertiary alicyclic amines) is 1. The first-order valence-electron chi connectivity index (χ1n) is 7.21. The van der Waals surface area contributed by atoms with Crippen molar-refractivity contribution in [2.24, 2.45) is 11.7 Å². The Balaban J connectivity index is 2.14. The van der Waals surface area contributed by atoms with Crippen LogP contribution >= 0.6 is 0 Å². The van der Waals surface area contributed by atoms with Crippen LogP contribution in [0.25, 0.3) is 0 Å². The fourth-order valence-corrected chi connectivity index (χ4v) is 2.65. The molecule has 0 aliphatic carbocycles. The van der Waals surface area contributed by atoms with Gasteiger partial charge in [0.1, 0.15) is 11.4 Å². The van der Waals surface area contributed by atoms with Gasteiger partial charge >= 0.3 is 11.9 Å². The molecule has 0 saturated carbocycles. The molecule has 7 heteroatoms. The number of carbonyl (C=O) groups is 2. The Hall–Kier alpha value is -1.86. The van der Waals surface area contributed by atoms with Gasteiger partial charge < -0.3 is 20.0 Å². The summed E-state index contributed by atoms with van der Waals surface area (Å²) in [6.45, 7) is 5.74. The maximum absolute atomic E-state index is 12.2. The van der Waals surface area contributed by atoms with Crippen molar-refractivity contribution in [2.75, 3.05) is 6.54 Å². The molecule has 0 spiro atoms. The molecule has 1 aliphatic rings. The summed E-state index contributed by atoms with van der Waals surface area (Å²) in [6, 6.07) is 2.21. The lowest BCUT2D eigenvalue weighted by atomic mass is 10.1. The van der Waals surface area contributed by atoms with Crippen LogP contribution in [0.4, 0.5) is 0 Å². The summed E-state index contributed by atoms with van der Waals surface area (Å²) in [6.07, 6.45) is 1.15. The third-order valence-electron chi connectivity index (χ3n) is 3.58. The van der Waals surface area contributed by atoms with Crippen LogP contribution < -0.4 is 5.73 Å². The van der Waals surface area contributed by atoms with Gasteiger partial charge in [-0.3, -0.25) is 14.5 Å². The molecule has 1 aromatic heterocycles. The van der Waals surface area contributed by atoms with E-state index >= 15 is 0 Å². The van der Waals surface area contributed by atoms with Crippen molar-refractivity contribution in [2.45, 2.75) is 45.0 Å². The monoisotopic (exact) mass is 310 g/mol. The molecule has 2 rings (SSSR count). The minimum absolute atomic E-state index is 0.299. The Morgan fingerprint density at radius 1 is 1.50 bits per heavy atom. The van der Waals surface area contributed by atoms with Crippen LogP contribution in [0.5, 0.6) is 0 Å². The first-order valence-corrected chi connectivity index (χ1v) is 7.21. The van der Waals surface area contributed by atoms with E-state index in [0.29, 0.717) is 18.7 Å². The summed E-state index contributed by atoms with van der Waals surface area (Å²) >= 11 is 0. The first kappa shape index (κ1) is 16.5. The molecule has 3 N–H and O–H groups in total. The van der Waals surface area contributed by atoms with Gasteiger partial charge in [0.05, 0.1) is 18.3 Å². The van der Waals surface area contributed by atoms with Gasteiger partial charge in [-0.2, -0.15) is 0 Å². The standard InChI is InChI=1S/C15H22N2O5/c1-15(2,3)22-14(20)9-6-7-17(12(9)16)11(13(18)19)10-5-4-8-21-10/h4-5,8-9,11-12H,6-7,16H2,1-3H3,(H,18,19). The number of hydrogen-bond donors (Lipinski definition) is 2. The normalized spacial score (nSPS) is 24.2. The summed E-state index contributed by atoms with van der Waals surface area (Å²) < 4.78 is 10.6. The van der Waals surface area contributed by atoms with Crippen LogP contribution in [-0.2, 0) is 14.3 Å². The number of nitrogens with two attached hydrogens (primary N) is 1. The third kappa shape index (κ3) is 3.48. The van der Waals surface area contributed by atoms with Crippen molar-refractivity contribution in [3.8, 4) is 0 Å². The third-order valence-corrected chi connectivity index (χ3v) is 3.58. The Morgan fingerprint density at radius 3 is 2.68 bits per heavy atom. The van der Waals surface area contributed by atoms with Crippen molar-refractivity contribution >= 4 is 11.9 Å². The molecule has 0 radical (unpaired) electrons. The number of carboxylic acid groups (broad SMARTS) is 1. The molecule has 1 aromatic rings. The highest BCUT2D eigenvalue weighted by molar-refractivity contribution is 5.76. The number of aliphatic carboxylic acids is 1. The minimum Gasteiger partial charge on any atom is -0.480 e. The van der Waals surface area contributed by atoms with Crippen LogP contribution in [0.15, 0.2) is 22.8 Å². The molecule has 3 unspecified atom stereocenters. The van der Waals surface area contributed by atoms with Crippen LogP contribution in [0.2, 0.25) is 0 Å². The SMILES string of the molecule is CC(C)(C)OC(=O)C1CCN(C(C(=O)O)c2ccco2)C1N. The lowest BCUT2D eigenvalue weighted by molar-refractivity contribution is -0.161. The highest BCUT2D eigenvalue weighted by Crippen LogP contribution is 2.32. The van der Waals surface area contributed by atoms with Crippen LogP contribution in [0.3, 0.4) is 0 Å². The van der Waals surface area contributed by atoms with Gasteiger partial charge in [0.25, 0.3) is 0 Å². The first-order chi connectivity index (χ1) is 10.2. The quantitative estimate of drug-likeness (QED) is 0.808. The Bertz CT molecular complexity index is 535. The molecule has 1 aliphatic heterocycles. The molecule has 1 saturated heterocycles. The van der Waals surface area contributed by atoms with Crippen LogP contribution in [0, 0.1) is 5.92 Å². The van der Waals surface area contributed by atoms with E-state index in [1.807, 2.05) is 0 Å². The highest BCUT2D eigenvalue weighted by atomic mass is 16.6. The minimum atomic E-state index is -1.06. The maximum Gasteiger partial charge on any atom is 0.328 e. The van der Waals surface area contributed by atoms with E-state index in [1.54, 1.807) is 37.8 Å². The topological polar surface area (TPSA) is 106 Å². The highest BCUT2D eigenvalue weighted by Gasteiger charge is 2.44. The van der Waals surface area contributed by atoms with Crippen molar-refractivity contribution in [1.29, 1.82) is 0 Å². The predicted molar refractivity (Wildman–Crippen MR) is 77.7 cm³/mol. The zero-order valence-electron chi connectivity index (χ0n) is 13.0. The van der Waals surface area contributed by atoms with Crippen molar-refractivity contribution < 1.29 is 23.8 Å². The number of nitrogens with zero attached hydrogens (tertiary/aromatic N) is 1. The molecule has 0 bridgehead atoms. The average Bonchev–Trinajstić information content (AvgIpc) is 2.99. The lowest BCUT2D eigenvalue weighted by Gasteiger charge is -2.29. The second-order valence-corrected chi connectivity index (χ2v) is 6.41. The second kappa shape index (κ2) is 6.10. The largest absolute Gasteiger partial charge is 0.480 e.